The Kier molecular flexibility index (Phi) is 6.62. The number of benzene rings is 1. The number of aromatic amines is 1. The van der Waals surface area contributed by atoms with Gasteiger partial charge in [-0.05, 0) is 24.3 Å². The van der Waals surface area contributed by atoms with Crippen molar-refractivity contribution in [1.82, 2.24) is 20.2 Å². The van der Waals surface area contributed by atoms with Crippen LogP contribution < -0.4 is 5.32 Å². The summed E-state index contributed by atoms with van der Waals surface area (Å²) in [5.74, 6) is 0.617. The van der Waals surface area contributed by atoms with Gasteiger partial charge in [0.05, 0.1) is 34.4 Å². The molecule has 1 saturated heterocycles. The van der Waals surface area contributed by atoms with Gasteiger partial charge in [0, 0.05) is 28.4 Å². The molecule has 2 atom stereocenters. The maximum absolute atomic E-state index is 13.4. The van der Waals surface area contributed by atoms with Gasteiger partial charge in [-0.3, -0.25) is 4.79 Å². The maximum Gasteiger partial charge on any atom is 0.407 e. The van der Waals surface area contributed by atoms with Gasteiger partial charge in [0.2, 0.25) is 5.91 Å². The van der Waals surface area contributed by atoms with Crippen LogP contribution in [0.1, 0.15) is 38.6 Å². The van der Waals surface area contributed by atoms with Gasteiger partial charge in [0.1, 0.15) is 11.9 Å². The molecule has 7 nitrogen and oxygen atoms in total. The zero-order valence-corrected chi connectivity index (χ0v) is 21.5. The first-order chi connectivity index (χ1) is 17.0. The largest absolute Gasteiger partial charge is 0.453 e. The normalized spacial score (nSPS) is 16.7. The lowest BCUT2D eigenvalue weighted by atomic mass is 10.0. The smallest absolute Gasteiger partial charge is 0.407 e. The van der Waals surface area contributed by atoms with Crippen molar-refractivity contribution in [1.29, 1.82) is 0 Å². The van der Waals surface area contributed by atoms with Gasteiger partial charge in [-0.1, -0.05) is 44.2 Å². The van der Waals surface area contributed by atoms with Gasteiger partial charge in [-0.25, -0.2) is 9.78 Å². The van der Waals surface area contributed by atoms with Crippen LogP contribution in [0, 0.1) is 5.92 Å². The molecule has 2 N–H and O–H groups in total. The number of thiophene rings is 2. The van der Waals surface area contributed by atoms with Crippen molar-refractivity contribution >= 4 is 44.1 Å². The number of fused-ring (bicyclic) bond motifs is 1. The Labute approximate surface area is 212 Å². The number of rotatable bonds is 6. The Morgan fingerprint density at radius 2 is 1.86 bits per heavy atom. The highest BCUT2D eigenvalue weighted by Crippen LogP contribution is 2.44. The van der Waals surface area contributed by atoms with Crippen molar-refractivity contribution in [3.05, 3.63) is 53.1 Å². The van der Waals surface area contributed by atoms with Crippen LogP contribution in [0.4, 0.5) is 4.79 Å². The number of likely N-dealkylation sites (tertiary alicyclic amines) is 1. The lowest BCUT2D eigenvalue weighted by Gasteiger charge is -2.30. The van der Waals surface area contributed by atoms with Crippen molar-refractivity contribution in [2.45, 2.75) is 38.8 Å². The molecule has 5 rings (SSSR count). The van der Waals surface area contributed by atoms with Crippen LogP contribution in [0.15, 0.2) is 47.3 Å². The van der Waals surface area contributed by atoms with Crippen LogP contribution in [0.2, 0.25) is 0 Å². The Hall–Kier alpha value is -3.17. The van der Waals surface area contributed by atoms with Gasteiger partial charge >= 0.3 is 6.09 Å². The van der Waals surface area contributed by atoms with Gasteiger partial charge in [-0.15, -0.1) is 22.7 Å². The van der Waals surface area contributed by atoms with Crippen LogP contribution in [-0.2, 0) is 9.53 Å². The number of carbonyl (C=O) groups excluding carboxylic acids is 2. The summed E-state index contributed by atoms with van der Waals surface area (Å²) in [5, 5.41) is 7.09. The van der Waals surface area contributed by atoms with Crippen molar-refractivity contribution in [3.63, 3.8) is 0 Å². The minimum Gasteiger partial charge on any atom is -0.453 e. The number of amides is 2. The molecule has 1 aliphatic rings. The highest BCUT2D eigenvalue weighted by molar-refractivity contribution is 7.27. The van der Waals surface area contributed by atoms with Crippen molar-refractivity contribution in [3.8, 4) is 22.4 Å². The number of carbonyl (C=O) groups is 2. The SMILES string of the molecule is COC(=O)NC(C(=O)N1CCCC1c1ncc(-c2csc3c(-c4ccccc4)csc23)[nH]1)C(C)C. The second-order valence-corrected chi connectivity index (χ2v) is 10.8. The van der Waals surface area contributed by atoms with Crippen LogP contribution in [0.3, 0.4) is 0 Å². The summed E-state index contributed by atoms with van der Waals surface area (Å²) in [7, 11) is 1.30. The Morgan fingerprint density at radius 3 is 2.57 bits per heavy atom. The van der Waals surface area contributed by atoms with Gasteiger partial charge < -0.3 is 19.9 Å². The van der Waals surface area contributed by atoms with E-state index in [1.165, 1.54) is 27.6 Å². The summed E-state index contributed by atoms with van der Waals surface area (Å²) in [5.41, 5.74) is 4.57. The molecule has 4 aromatic rings. The summed E-state index contributed by atoms with van der Waals surface area (Å²) in [6.07, 6.45) is 2.99. The number of H-pyrrole nitrogens is 1. The fraction of sp³-hybridized carbons (Fsp3) is 0.346. The van der Waals surface area contributed by atoms with Gasteiger partial charge in [0.25, 0.3) is 0 Å². The molecule has 1 aromatic carbocycles. The summed E-state index contributed by atoms with van der Waals surface area (Å²) in [6, 6.07) is 9.65. The van der Waals surface area contributed by atoms with Crippen LogP contribution in [0.5, 0.6) is 0 Å². The van der Waals surface area contributed by atoms with Crippen LogP contribution in [0.25, 0.3) is 31.8 Å². The third-order valence-corrected chi connectivity index (χ3v) is 8.65. The maximum atomic E-state index is 13.4. The summed E-state index contributed by atoms with van der Waals surface area (Å²) >= 11 is 3.49. The number of hydrogen-bond acceptors (Lipinski definition) is 6. The molecular weight excluding hydrogens is 480 g/mol. The second kappa shape index (κ2) is 9.83. The molecule has 3 aromatic heterocycles. The van der Waals surface area contributed by atoms with E-state index in [-0.39, 0.29) is 17.9 Å². The Balaban J connectivity index is 1.40. The Morgan fingerprint density at radius 1 is 1.14 bits per heavy atom. The molecule has 4 heterocycles. The average Bonchev–Trinajstić information content (AvgIpc) is 3.65. The first-order valence-electron chi connectivity index (χ1n) is 11.7. The van der Waals surface area contributed by atoms with E-state index >= 15 is 0 Å². The van der Waals surface area contributed by atoms with Crippen LogP contribution in [-0.4, -0.2) is 46.6 Å². The number of alkyl carbamates (subject to hydrolysis) is 1. The molecule has 0 aliphatic carbocycles. The molecule has 0 bridgehead atoms. The summed E-state index contributed by atoms with van der Waals surface area (Å²) in [6.45, 7) is 4.47. The number of nitrogens with one attached hydrogen (secondary N) is 2. The number of nitrogens with zero attached hydrogens (tertiary/aromatic N) is 2. The fourth-order valence-corrected chi connectivity index (χ4v) is 7.10. The first kappa shape index (κ1) is 23.6. The molecule has 0 radical (unpaired) electrons. The van der Waals surface area contributed by atoms with E-state index < -0.39 is 12.1 Å². The third kappa shape index (κ3) is 4.46. The fourth-order valence-electron chi connectivity index (χ4n) is 4.66. The topological polar surface area (TPSA) is 87.3 Å². The van der Waals surface area contributed by atoms with E-state index in [4.69, 9.17) is 4.74 Å². The first-order valence-corrected chi connectivity index (χ1v) is 13.5. The lowest BCUT2D eigenvalue weighted by Crippen LogP contribution is -2.51. The Bertz CT molecular complexity index is 1340. The predicted molar refractivity (Wildman–Crippen MR) is 141 cm³/mol. The molecule has 1 aliphatic heterocycles. The number of aromatic nitrogens is 2. The quantitative estimate of drug-likeness (QED) is 0.331. The van der Waals surface area contributed by atoms with E-state index in [0.717, 1.165) is 29.9 Å². The predicted octanol–water partition coefficient (Wildman–Crippen LogP) is 6.06. The third-order valence-electron chi connectivity index (χ3n) is 6.50. The van der Waals surface area contributed by atoms with Gasteiger partial charge in [-0.2, -0.15) is 0 Å². The molecule has 9 heteroatoms. The second-order valence-electron chi connectivity index (χ2n) is 9.05. The number of ether oxygens (including phenoxy) is 1. The highest BCUT2D eigenvalue weighted by Gasteiger charge is 2.37. The molecular formula is C26H28N4O3S2. The zero-order chi connectivity index (χ0) is 24.5. The number of hydrogen-bond donors (Lipinski definition) is 2. The monoisotopic (exact) mass is 508 g/mol. The average molecular weight is 509 g/mol. The highest BCUT2D eigenvalue weighted by atomic mass is 32.1. The molecule has 35 heavy (non-hydrogen) atoms. The standard InChI is InChI=1S/C26H28N4O3S2/c1-15(2)21(29-26(32)33-3)25(31)30-11-7-10-20(30)24-27-12-19(28-24)18-14-35-22-17(13-34-23(18)22)16-8-5-4-6-9-16/h4-6,8-9,12-15,20-21H,7,10-11H2,1-3H3,(H,27,28)(H,29,32). The zero-order valence-electron chi connectivity index (χ0n) is 19.9. The lowest BCUT2D eigenvalue weighted by molar-refractivity contribution is -0.135. The molecule has 1 fully saturated rings. The summed E-state index contributed by atoms with van der Waals surface area (Å²) in [4.78, 5) is 35.2. The van der Waals surface area contributed by atoms with Gasteiger partial charge in [0.15, 0.2) is 0 Å². The van der Waals surface area contributed by atoms with E-state index in [0.29, 0.717) is 6.54 Å². The van der Waals surface area contributed by atoms with Crippen molar-refractivity contribution < 1.29 is 14.3 Å². The van der Waals surface area contributed by atoms with Crippen molar-refractivity contribution in [2.24, 2.45) is 5.92 Å². The molecule has 0 spiro atoms. The number of methoxy groups -OCH3 is 1. The van der Waals surface area contributed by atoms with E-state index in [2.05, 4.69) is 50.3 Å². The van der Waals surface area contributed by atoms with Crippen molar-refractivity contribution in [2.75, 3.05) is 13.7 Å². The molecule has 0 saturated carbocycles. The minimum atomic E-state index is -0.642. The minimum absolute atomic E-state index is 0.0632. The van der Waals surface area contributed by atoms with E-state index in [1.807, 2.05) is 31.0 Å². The molecule has 182 valence electrons. The number of imidazole rings is 1. The molecule has 2 amide bonds. The van der Waals surface area contributed by atoms with E-state index in [1.54, 1.807) is 22.7 Å². The van der Waals surface area contributed by atoms with E-state index in [9.17, 15) is 9.59 Å². The van der Waals surface area contributed by atoms with Crippen LogP contribution >= 0.6 is 22.7 Å². The molecule has 2 unspecified atom stereocenters. The summed E-state index contributed by atoms with van der Waals surface area (Å²) < 4.78 is 7.25.